The molecule has 0 saturated carbocycles. The van der Waals surface area contributed by atoms with Crippen LogP contribution in [0.4, 0.5) is 0 Å². The van der Waals surface area contributed by atoms with Crippen LogP contribution in [-0.2, 0) is 22.6 Å². The summed E-state index contributed by atoms with van der Waals surface area (Å²) in [5.41, 5.74) is 2.71. The fraction of sp³-hybridized carbons (Fsp3) is 0.429. The quantitative estimate of drug-likeness (QED) is 0.759. The highest BCUT2D eigenvalue weighted by Gasteiger charge is 2.14. The molecule has 0 aliphatic carbocycles. The number of carbonyl (C=O) groups is 2. The van der Waals surface area contributed by atoms with Crippen molar-refractivity contribution in [2.45, 2.75) is 26.9 Å². The van der Waals surface area contributed by atoms with Gasteiger partial charge >= 0.3 is 0 Å². The highest BCUT2D eigenvalue weighted by atomic mass is 16.5. The molecule has 0 spiro atoms. The van der Waals surface area contributed by atoms with Crippen molar-refractivity contribution in [3.8, 4) is 0 Å². The molecule has 1 aliphatic heterocycles. The average Bonchev–Trinajstić information content (AvgIpc) is 3.04. The minimum Gasteiger partial charge on any atom is -0.466 e. The van der Waals surface area contributed by atoms with E-state index < -0.39 is 0 Å². The maximum absolute atomic E-state index is 12.1. The number of amides is 2. The monoisotopic (exact) mass is 385 g/mol. The number of aryl methyl sites for hydroxylation is 2. The minimum atomic E-state index is -0.308. The lowest BCUT2D eigenvalue weighted by Crippen LogP contribution is -2.36. The molecule has 2 N–H and O–H groups in total. The Morgan fingerprint density at radius 2 is 1.82 bits per heavy atom. The van der Waals surface area contributed by atoms with Crippen molar-refractivity contribution in [3.63, 3.8) is 0 Å². The Morgan fingerprint density at radius 3 is 2.54 bits per heavy atom. The van der Waals surface area contributed by atoms with Crippen LogP contribution in [0, 0.1) is 13.8 Å². The molecule has 150 valence electrons. The van der Waals surface area contributed by atoms with E-state index in [0.29, 0.717) is 23.6 Å². The van der Waals surface area contributed by atoms with E-state index >= 15 is 0 Å². The summed E-state index contributed by atoms with van der Waals surface area (Å²) in [6.45, 7) is 8.18. The van der Waals surface area contributed by atoms with Crippen LogP contribution in [0.3, 0.4) is 0 Å². The van der Waals surface area contributed by atoms with Gasteiger partial charge in [0, 0.05) is 26.2 Å². The summed E-state index contributed by atoms with van der Waals surface area (Å²) in [6.07, 6.45) is 0. The summed E-state index contributed by atoms with van der Waals surface area (Å²) in [5.74, 6) is 0.679. The Kier molecular flexibility index (Phi) is 6.84. The van der Waals surface area contributed by atoms with Gasteiger partial charge in [-0.25, -0.2) is 0 Å². The van der Waals surface area contributed by atoms with E-state index in [9.17, 15) is 9.59 Å². The van der Waals surface area contributed by atoms with Crippen molar-refractivity contribution in [1.29, 1.82) is 0 Å². The molecule has 3 rings (SSSR count). The molecule has 28 heavy (non-hydrogen) atoms. The zero-order valence-electron chi connectivity index (χ0n) is 16.4. The van der Waals surface area contributed by atoms with E-state index in [2.05, 4.69) is 27.7 Å². The first kappa shape index (κ1) is 20.1. The van der Waals surface area contributed by atoms with Crippen molar-refractivity contribution in [3.05, 3.63) is 58.5 Å². The lowest BCUT2D eigenvalue weighted by atomic mass is 10.1. The third-order valence-corrected chi connectivity index (χ3v) is 4.69. The van der Waals surface area contributed by atoms with Gasteiger partial charge < -0.3 is 19.8 Å². The Hall–Kier alpha value is -2.64. The molecule has 2 amide bonds. The number of ether oxygens (including phenoxy) is 1. The van der Waals surface area contributed by atoms with Crippen LogP contribution in [-0.4, -0.2) is 49.6 Å². The first-order valence-electron chi connectivity index (χ1n) is 9.51. The molecule has 7 nitrogen and oxygen atoms in total. The van der Waals surface area contributed by atoms with E-state index in [0.717, 1.165) is 38.4 Å². The summed E-state index contributed by atoms with van der Waals surface area (Å²) in [5, 5.41) is 5.47. The second kappa shape index (κ2) is 9.52. The van der Waals surface area contributed by atoms with Crippen molar-refractivity contribution >= 4 is 11.8 Å². The summed E-state index contributed by atoms with van der Waals surface area (Å²) < 4.78 is 10.7. The second-order valence-electron chi connectivity index (χ2n) is 6.99. The summed E-state index contributed by atoms with van der Waals surface area (Å²) >= 11 is 0. The Labute approximate surface area is 165 Å². The molecular formula is C21H27N3O4. The Morgan fingerprint density at radius 1 is 1.07 bits per heavy atom. The fourth-order valence-electron chi connectivity index (χ4n) is 3.23. The number of benzene rings is 1. The van der Waals surface area contributed by atoms with Crippen molar-refractivity contribution < 1.29 is 18.7 Å². The highest BCUT2D eigenvalue weighted by molar-refractivity contribution is 5.97. The molecule has 2 heterocycles. The second-order valence-corrected chi connectivity index (χ2v) is 6.99. The predicted octanol–water partition coefficient (Wildman–Crippen LogP) is 1.77. The van der Waals surface area contributed by atoms with Crippen molar-refractivity contribution in [2.24, 2.45) is 0 Å². The molecule has 0 bridgehead atoms. The van der Waals surface area contributed by atoms with Crippen LogP contribution >= 0.6 is 0 Å². The van der Waals surface area contributed by atoms with Crippen LogP contribution in [0.5, 0.6) is 0 Å². The van der Waals surface area contributed by atoms with Gasteiger partial charge in [-0.3, -0.25) is 14.5 Å². The summed E-state index contributed by atoms with van der Waals surface area (Å²) in [6, 6.07) is 9.85. The molecule has 1 aromatic heterocycles. The van der Waals surface area contributed by atoms with E-state index in [-0.39, 0.29) is 18.4 Å². The molecule has 1 aromatic carbocycles. The minimum absolute atomic E-state index is 0.0734. The van der Waals surface area contributed by atoms with Gasteiger partial charge in [-0.05, 0) is 31.0 Å². The topological polar surface area (TPSA) is 83.8 Å². The normalized spacial score (nSPS) is 14.6. The first-order chi connectivity index (χ1) is 13.5. The Bertz CT molecular complexity index is 825. The third-order valence-electron chi connectivity index (χ3n) is 4.69. The van der Waals surface area contributed by atoms with E-state index in [1.165, 1.54) is 5.56 Å². The maximum atomic E-state index is 12.1. The lowest BCUT2D eigenvalue weighted by Gasteiger charge is -2.26. The molecular weight excluding hydrogens is 358 g/mol. The SMILES string of the molecule is Cc1cc(C(=O)NCC(=O)NCc2cccc(CN3CCOCC3)c2)c(C)o1. The van der Waals surface area contributed by atoms with Gasteiger partial charge in [0.05, 0.1) is 25.3 Å². The zero-order valence-corrected chi connectivity index (χ0v) is 16.4. The number of rotatable bonds is 7. The summed E-state index contributed by atoms with van der Waals surface area (Å²) in [4.78, 5) is 26.6. The van der Waals surface area contributed by atoms with Crippen LogP contribution < -0.4 is 10.6 Å². The maximum Gasteiger partial charge on any atom is 0.255 e. The summed E-state index contributed by atoms with van der Waals surface area (Å²) in [7, 11) is 0. The van der Waals surface area contributed by atoms with Gasteiger partial charge in [0.2, 0.25) is 5.91 Å². The van der Waals surface area contributed by atoms with E-state index in [1.54, 1.807) is 19.9 Å². The van der Waals surface area contributed by atoms with Crippen LogP contribution in [0.15, 0.2) is 34.7 Å². The van der Waals surface area contributed by atoms with Gasteiger partial charge in [-0.15, -0.1) is 0 Å². The molecule has 7 heteroatoms. The molecule has 1 aliphatic rings. The molecule has 1 saturated heterocycles. The van der Waals surface area contributed by atoms with Gasteiger partial charge in [-0.2, -0.15) is 0 Å². The van der Waals surface area contributed by atoms with Gasteiger partial charge in [0.1, 0.15) is 11.5 Å². The fourth-order valence-corrected chi connectivity index (χ4v) is 3.23. The van der Waals surface area contributed by atoms with Crippen LogP contribution in [0.1, 0.15) is 33.0 Å². The average molecular weight is 385 g/mol. The molecule has 0 atom stereocenters. The number of nitrogens with zero attached hydrogens (tertiary/aromatic N) is 1. The van der Waals surface area contributed by atoms with Crippen LogP contribution in [0.25, 0.3) is 0 Å². The number of hydrogen-bond acceptors (Lipinski definition) is 5. The van der Waals surface area contributed by atoms with E-state index in [1.807, 2.05) is 12.1 Å². The predicted molar refractivity (Wildman–Crippen MR) is 105 cm³/mol. The standard InChI is InChI=1S/C21H27N3O4/c1-15-10-19(16(2)28-15)21(26)23-13-20(25)22-12-17-4-3-5-18(11-17)14-24-6-8-27-9-7-24/h3-5,10-11H,6-9,12-14H2,1-2H3,(H,22,25)(H,23,26). The Balaban J connectivity index is 1.44. The van der Waals surface area contributed by atoms with Gasteiger partial charge in [-0.1, -0.05) is 24.3 Å². The van der Waals surface area contributed by atoms with E-state index in [4.69, 9.17) is 9.15 Å². The first-order valence-corrected chi connectivity index (χ1v) is 9.51. The van der Waals surface area contributed by atoms with Gasteiger partial charge in [0.25, 0.3) is 5.91 Å². The number of carbonyl (C=O) groups excluding carboxylic acids is 2. The number of hydrogen-bond donors (Lipinski definition) is 2. The number of morpholine rings is 1. The van der Waals surface area contributed by atoms with Crippen molar-refractivity contribution in [1.82, 2.24) is 15.5 Å². The highest BCUT2D eigenvalue weighted by Crippen LogP contribution is 2.13. The molecule has 1 fully saturated rings. The molecule has 0 radical (unpaired) electrons. The lowest BCUT2D eigenvalue weighted by molar-refractivity contribution is -0.120. The van der Waals surface area contributed by atoms with Crippen LogP contribution in [0.2, 0.25) is 0 Å². The zero-order chi connectivity index (χ0) is 19.9. The molecule has 0 unspecified atom stereocenters. The smallest absolute Gasteiger partial charge is 0.255 e. The third kappa shape index (κ3) is 5.68. The van der Waals surface area contributed by atoms with Crippen molar-refractivity contribution in [2.75, 3.05) is 32.8 Å². The molecule has 2 aromatic rings. The number of nitrogens with one attached hydrogen (secondary N) is 2. The number of furan rings is 1. The largest absolute Gasteiger partial charge is 0.466 e. The van der Waals surface area contributed by atoms with Gasteiger partial charge in [0.15, 0.2) is 0 Å².